The number of carbonyl (C=O) groups excluding carboxylic acids is 10. The first kappa shape index (κ1) is 116. The van der Waals surface area contributed by atoms with E-state index in [1.807, 2.05) is 44.4 Å². The zero-order valence-corrected chi connectivity index (χ0v) is 80.7. The van der Waals surface area contributed by atoms with Crippen LogP contribution in [0.15, 0.2) is 0 Å². The summed E-state index contributed by atoms with van der Waals surface area (Å²) < 4.78 is 55.2. The molecule has 0 spiro atoms. The minimum absolute atomic E-state index is 0.0413. The minimum atomic E-state index is -0.525. The summed E-state index contributed by atoms with van der Waals surface area (Å²) >= 11 is 8.71. The summed E-state index contributed by atoms with van der Waals surface area (Å²) in [5.41, 5.74) is 0. The van der Waals surface area contributed by atoms with Gasteiger partial charge in [-0.25, -0.2) is 0 Å². The van der Waals surface area contributed by atoms with E-state index in [1.165, 1.54) is 161 Å². The molecule has 0 fully saturated rings. The summed E-state index contributed by atoms with van der Waals surface area (Å²) in [5.74, 6) is 2.29. The van der Waals surface area contributed by atoms with Crippen LogP contribution in [0.1, 0.15) is 294 Å². The van der Waals surface area contributed by atoms with E-state index in [-0.39, 0.29) is 190 Å². The van der Waals surface area contributed by atoms with Gasteiger partial charge in [-0.1, -0.05) is 230 Å². The van der Waals surface area contributed by atoms with Crippen molar-refractivity contribution in [2.75, 3.05) is 196 Å². The maximum Gasteiger partial charge on any atom is 0.309 e. The van der Waals surface area contributed by atoms with Gasteiger partial charge in [0.05, 0.1) is 61.7 Å². The molecule has 0 radical (unpaired) electrons. The van der Waals surface area contributed by atoms with E-state index in [0.29, 0.717) is 68.0 Å². The molecule has 0 saturated heterocycles. The molecule has 24 nitrogen and oxygen atoms in total. The Balaban J connectivity index is 6.61. The van der Waals surface area contributed by atoms with Crippen molar-refractivity contribution in [1.82, 2.24) is 20.0 Å². The molecule has 0 aromatic carbocycles. The number of esters is 10. The van der Waals surface area contributed by atoms with Crippen molar-refractivity contribution in [3.63, 3.8) is 0 Å². The highest BCUT2D eigenvalue weighted by Crippen LogP contribution is 2.21. The van der Waals surface area contributed by atoms with E-state index in [0.717, 1.165) is 60.9 Å². The molecule has 702 valence electrons. The van der Waals surface area contributed by atoms with E-state index in [2.05, 4.69) is 44.8 Å². The quantitative estimate of drug-likeness (QED) is 0.0336. The zero-order chi connectivity index (χ0) is 88.4. The predicted molar refractivity (Wildman–Crippen MR) is 494 cm³/mol. The average Bonchev–Trinajstić information content (AvgIpc) is 0.853. The zero-order valence-electron chi connectivity index (χ0n) is 76.6. The van der Waals surface area contributed by atoms with Crippen LogP contribution < -0.4 is 5.32 Å². The molecule has 0 saturated carbocycles. The van der Waals surface area contributed by atoms with Crippen LogP contribution in [0.25, 0.3) is 0 Å². The summed E-state index contributed by atoms with van der Waals surface area (Å²) in [4.78, 5) is 137. The van der Waals surface area contributed by atoms with Crippen LogP contribution in [0.4, 0.5) is 0 Å². The first-order valence-corrected chi connectivity index (χ1v) is 52.4. The SMILES string of the molecule is CCCCCCCCSCC(C)C(=O)OCCOC(=O)CCNCCN(CCN(CCC(=O)OCCOC(=O)C(C)CSCCCCCCCC)CCC(=O)OCCOC(=O)C(C)CSCCCCCCCC)CCN(CCC(=O)OCCOC(=O)C(C)CSCCCCCCCC)CCC(=O)OCCOC(=O)C(C)CSCCCCCCCC. The number of rotatable bonds is 89. The van der Waals surface area contributed by atoms with Crippen LogP contribution >= 0.6 is 58.8 Å². The van der Waals surface area contributed by atoms with Crippen molar-refractivity contribution in [1.29, 1.82) is 0 Å². The van der Waals surface area contributed by atoms with Gasteiger partial charge in [0.1, 0.15) is 66.1 Å². The van der Waals surface area contributed by atoms with Crippen molar-refractivity contribution in [2.45, 2.75) is 294 Å². The molecule has 5 unspecified atom stereocenters. The summed E-state index contributed by atoms with van der Waals surface area (Å²) in [6, 6.07) is 0. The number of hydrogen-bond donors (Lipinski definition) is 1. The van der Waals surface area contributed by atoms with Gasteiger partial charge in [-0.15, -0.1) is 0 Å². The van der Waals surface area contributed by atoms with E-state index in [1.54, 1.807) is 58.8 Å². The normalized spacial score (nSPS) is 12.7. The highest BCUT2D eigenvalue weighted by Gasteiger charge is 2.23. The summed E-state index contributed by atoms with van der Waals surface area (Å²) in [6.07, 6.45) is 35.9. The van der Waals surface area contributed by atoms with Crippen LogP contribution in [-0.2, 0) is 95.3 Å². The van der Waals surface area contributed by atoms with Crippen molar-refractivity contribution < 1.29 is 95.3 Å². The van der Waals surface area contributed by atoms with Crippen molar-refractivity contribution >= 4 is 119 Å². The molecule has 0 rings (SSSR count). The minimum Gasteiger partial charge on any atom is -0.462 e. The van der Waals surface area contributed by atoms with E-state index < -0.39 is 29.8 Å². The van der Waals surface area contributed by atoms with Gasteiger partial charge in [-0.2, -0.15) is 58.8 Å². The second kappa shape index (κ2) is 86.1. The summed E-state index contributed by atoms with van der Waals surface area (Å²) in [6.45, 7) is 22.5. The van der Waals surface area contributed by atoms with Gasteiger partial charge in [0, 0.05) is 101 Å². The van der Waals surface area contributed by atoms with Crippen LogP contribution in [0.2, 0.25) is 0 Å². The lowest BCUT2D eigenvalue weighted by molar-refractivity contribution is -0.154. The maximum atomic E-state index is 13.4. The summed E-state index contributed by atoms with van der Waals surface area (Å²) in [7, 11) is 0. The maximum absolute atomic E-state index is 13.4. The Morgan fingerprint density at radius 1 is 0.225 bits per heavy atom. The Kier molecular flexibility index (Phi) is 83.4. The molecule has 0 aliphatic heterocycles. The van der Waals surface area contributed by atoms with Crippen LogP contribution in [0.3, 0.4) is 0 Å². The molecule has 5 atom stereocenters. The molecule has 0 amide bonds. The molecule has 0 aromatic rings. The molecule has 0 heterocycles. The molecule has 0 bridgehead atoms. The molecule has 1 N–H and O–H groups in total. The standard InChI is InChI=1S/C91H168N4O20S5/c1-11-16-21-26-31-36-67-116-72-77(6)87(101)111-62-57-106-82(96)41-46-92-47-52-95(55-53-93(48-42-83(97)107-58-63-112-88(102)78(7)73-117-68-37-32-27-22-17-12-2)49-43-84(98)108-59-64-113-89(103)79(8)74-118-69-38-33-28-23-18-13-3)56-54-94(50-44-85(99)109-60-65-114-90(104)80(9)75-119-70-39-34-29-24-19-14-4)51-45-86(100)110-61-66-115-91(105)81(10)76-120-71-40-35-30-25-20-15-5/h77-81,92H,11-76H2,1-10H3. The van der Waals surface area contributed by atoms with Gasteiger partial charge >= 0.3 is 59.7 Å². The largest absolute Gasteiger partial charge is 0.462 e. The molecule has 0 aliphatic rings. The van der Waals surface area contributed by atoms with Gasteiger partial charge in [0.25, 0.3) is 0 Å². The first-order valence-electron chi connectivity index (χ1n) is 46.6. The Labute approximate surface area is 748 Å². The Morgan fingerprint density at radius 2 is 0.408 bits per heavy atom. The van der Waals surface area contributed by atoms with Crippen molar-refractivity contribution in [2.24, 2.45) is 29.6 Å². The predicted octanol–water partition coefficient (Wildman–Crippen LogP) is 17.5. The van der Waals surface area contributed by atoms with Crippen LogP contribution in [0, 0.1) is 29.6 Å². The van der Waals surface area contributed by atoms with Gasteiger partial charge < -0.3 is 62.5 Å². The van der Waals surface area contributed by atoms with Crippen LogP contribution in [-0.4, -0.2) is 270 Å². The van der Waals surface area contributed by atoms with E-state index in [4.69, 9.17) is 47.4 Å². The lowest BCUT2D eigenvalue weighted by atomic mass is 10.1. The molecule has 29 heteroatoms. The highest BCUT2D eigenvalue weighted by atomic mass is 32.2. The lowest BCUT2D eigenvalue weighted by Gasteiger charge is -2.30. The number of thioether (sulfide) groups is 5. The number of nitrogens with zero attached hydrogens (tertiary/aromatic N) is 3. The number of carbonyl (C=O) groups is 10. The van der Waals surface area contributed by atoms with E-state index >= 15 is 0 Å². The fourth-order valence-electron chi connectivity index (χ4n) is 12.2. The Hall–Kier alpha value is -3.71. The average molecular weight is 1800 g/mol. The van der Waals surface area contributed by atoms with Crippen LogP contribution in [0.5, 0.6) is 0 Å². The molecule has 120 heavy (non-hydrogen) atoms. The number of unbranched alkanes of at least 4 members (excludes halogenated alkanes) is 25. The van der Waals surface area contributed by atoms with Gasteiger partial charge in [-0.05, 0) is 60.9 Å². The van der Waals surface area contributed by atoms with Gasteiger partial charge in [0.2, 0.25) is 0 Å². The topological polar surface area (TPSA) is 285 Å². The Morgan fingerprint density at radius 3 is 0.625 bits per heavy atom. The van der Waals surface area contributed by atoms with E-state index in [9.17, 15) is 47.9 Å². The lowest BCUT2D eigenvalue weighted by Crippen LogP contribution is -2.44. The van der Waals surface area contributed by atoms with Crippen molar-refractivity contribution in [3.8, 4) is 0 Å². The van der Waals surface area contributed by atoms with Crippen molar-refractivity contribution in [3.05, 3.63) is 0 Å². The third-order valence-corrected chi connectivity index (χ3v) is 26.7. The van der Waals surface area contributed by atoms with Gasteiger partial charge in [-0.3, -0.25) is 52.8 Å². The Bertz CT molecular complexity index is 2280. The number of ether oxygens (including phenoxy) is 10. The summed E-state index contributed by atoms with van der Waals surface area (Å²) in [5, 5.41) is 3.35. The second-order valence-electron chi connectivity index (χ2n) is 31.7. The van der Waals surface area contributed by atoms with Gasteiger partial charge in [0.15, 0.2) is 0 Å². The third-order valence-electron chi connectivity index (χ3n) is 20.1. The monoisotopic (exact) mass is 1800 g/mol. The fourth-order valence-corrected chi connectivity index (χ4v) is 17.6. The number of nitrogens with one attached hydrogen (secondary N) is 1. The number of hydrogen-bond acceptors (Lipinski definition) is 29. The fraction of sp³-hybridized carbons (Fsp3) is 0.890. The molecule has 0 aliphatic carbocycles. The highest BCUT2D eigenvalue weighted by molar-refractivity contribution is 8.00. The smallest absolute Gasteiger partial charge is 0.309 e. The first-order chi connectivity index (χ1) is 58.2. The third kappa shape index (κ3) is 75.6. The second-order valence-corrected chi connectivity index (χ2v) is 37.4. The molecular weight excluding hydrogens is 1630 g/mol. The molecule has 0 aromatic heterocycles. The molecular formula is C91H168N4O20S5.